The van der Waals surface area contributed by atoms with Crippen LogP contribution < -0.4 is 5.50 Å². The second-order valence-corrected chi connectivity index (χ2v) is 3.89. The summed E-state index contributed by atoms with van der Waals surface area (Å²) in [4.78, 5) is 11.4. The van der Waals surface area contributed by atoms with Gasteiger partial charge in [-0.3, -0.25) is 10.3 Å². The van der Waals surface area contributed by atoms with Gasteiger partial charge in [-0.25, -0.2) is 0 Å². The zero-order chi connectivity index (χ0) is 12.1. The molecule has 0 fully saturated rings. The van der Waals surface area contributed by atoms with Crippen LogP contribution in [0.25, 0.3) is 11.1 Å². The molecule has 2 N–H and O–H groups in total. The molecular formula is C13H11N2OP. The standard InChI is InChI=1S/C13H11N2OP/c14-17-15-13(16)12-8-6-11(7-9-12)10-4-2-1-3-5-10/h1-9H,(H2,14,15,16). The van der Waals surface area contributed by atoms with Crippen LogP contribution in [0.15, 0.2) is 59.3 Å². The molecule has 2 rings (SSSR count). The quantitative estimate of drug-likeness (QED) is 0.819. The number of hydrogen-bond acceptors (Lipinski definition) is 1. The van der Waals surface area contributed by atoms with Crippen molar-refractivity contribution in [2.75, 3.05) is 0 Å². The van der Waals surface area contributed by atoms with Crippen molar-refractivity contribution in [3.05, 3.63) is 60.2 Å². The van der Waals surface area contributed by atoms with Crippen LogP contribution in [0.1, 0.15) is 10.4 Å². The van der Waals surface area contributed by atoms with Crippen LogP contribution in [-0.4, -0.2) is 5.91 Å². The van der Waals surface area contributed by atoms with Crippen LogP contribution in [0.4, 0.5) is 0 Å². The third-order valence-electron chi connectivity index (χ3n) is 2.39. The van der Waals surface area contributed by atoms with Gasteiger partial charge in [0.1, 0.15) is 0 Å². The van der Waals surface area contributed by atoms with Crippen LogP contribution in [0.2, 0.25) is 0 Å². The van der Waals surface area contributed by atoms with Gasteiger partial charge in [0.05, 0.1) is 8.52 Å². The highest BCUT2D eigenvalue weighted by atomic mass is 31.1. The number of nitrogens with two attached hydrogens (primary N) is 1. The molecular weight excluding hydrogens is 231 g/mol. The number of rotatable bonds is 2. The fourth-order valence-electron chi connectivity index (χ4n) is 1.55. The van der Waals surface area contributed by atoms with E-state index in [0.29, 0.717) is 5.56 Å². The zero-order valence-electron chi connectivity index (χ0n) is 9.08. The van der Waals surface area contributed by atoms with Gasteiger partial charge in [0.15, 0.2) is 0 Å². The minimum absolute atomic E-state index is 0.245. The predicted octanol–water partition coefficient (Wildman–Crippen LogP) is 3.50. The van der Waals surface area contributed by atoms with Crippen LogP contribution in [0.3, 0.4) is 0 Å². The number of nitrogens with zero attached hydrogens (tertiary/aromatic N) is 1. The fourth-order valence-corrected chi connectivity index (χ4v) is 1.77. The summed E-state index contributed by atoms with van der Waals surface area (Å²) in [5.41, 5.74) is 7.93. The van der Waals surface area contributed by atoms with E-state index in [1.807, 2.05) is 42.5 Å². The molecule has 2 aromatic carbocycles. The second kappa shape index (κ2) is 5.48. The lowest BCUT2D eigenvalue weighted by atomic mass is 10.0. The first-order valence-corrected chi connectivity index (χ1v) is 6.03. The molecule has 17 heavy (non-hydrogen) atoms. The molecule has 0 aliphatic rings. The van der Waals surface area contributed by atoms with Crippen LogP contribution in [0, 0.1) is 0 Å². The molecule has 0 bridgehead atoms. The molecule has 84 valence electrons. The van der Waals surface area contributed by atoms with Crippen molar-refractivity contribution in [3.8, 4) is 11.1 Å². The van der Waals surface area contributed by atoms with Crippen molar-refractivity contribution in [1.29, 1.82) is 0 Å². The summed E-state index contributed by atoms with van der Waals surface area (Å²) in [5.74, 6) is -0.284. The van der Waals surface area contributed by atoms with Gasteiger partial charge in [-0.05, 0) is 23.3 Å². The maximum Gasteiger partial charge on any atom is 0.281 e. The lowest BCUT2D eigenvalue weighted by Gasteiger charge is -2.01. The average molecular weight is 242 g/mol. The summed E-state index contributed by atoms with van der Waals surface area (Å²) in [7, 11) is 0.245. The molecule has 0 heterocycles. The first kappa shape index (κ1) is 11.6. The van der Waals surface area contributed by atoms with Gasteiger partial charge in [-0.1, -0.05) is 42.5 Å². The Morgan fingerprint density at radius 1 is 0.941 bits per heavy atom. The monoisotopic (exact) mass is 242 g/mol. The molecule has 0 spiro atoms. The molecule has 0 unspecified atom stereocenters. The van der Waals surface area contributed by atoms with Gasteiger partial charge in [-0.2, -0.15) is 4.74 Å². The predicted molar refractivity (Wildman–Crippen MR) is 69.7 cm³/mol. The molecule has 0 aromatic heterocycles. The first-order chi connectivity index (χ1) is 8.31. The van der Waals surface area contributed by atoms with Crippen molar-refractivity contribution in [1.82, 2.24) is 0 Å². The Kier molecular flexibility index (Phi) is 3.76. The Morgan fingerprint density at radius 3 is 2.12 bits per heavy atom. The number of hydrogen-bond donors (Lipinski definition) is 1. The number of benzene rings is 2. The SMILES string of the molecule is NP=NC(=O)c1ccc(-c2ccccc2)cc1. The molecule has 0 aliphatic heterocycles. The zero-order valence-corrected chi connectivity index (χ0v) is 9.97. The van der Waals surface area contributed by atoms with Crippen molar-refractivity contribution >= 4 is 14.4 Å². The van der Waals surface area contributed by atoms with E-state index in [4.69, 9.17) is 5.50 Å². The van der Waals surface area contributed by atoms with E-state index in [-0.39, 0.29) is 14.4 Å². The highest BCUT2D eigenvalue weighted by Crippen LogP contribution is 2.19. The molecule has 0 radical (unpaired) electrons. The Morgan fingerprint density at radius 2 is 1.53 bits per heavy atom. The van der Waals surface area contributed by atoms with Gasteiger partial charge in [0, 0.05) is 5.56 Å². The molecule has 1 amide bonds. The van der Waals surface area contributed by atoms with Gasteiger partial charge >= 0.3 is 0 Å². The molecule has 3 nitrogen and oxygen atoms in total. The molecule has 2 aromatic rings. The van der Waals surface area contributed by atoms with Crippen LogP contribution in [0.5, 0.6) is 0 Å². The third-order valence-corrected chi connectivity index (χ3v) is 2.68. The summed E-state index contributed by atoms with van der Waals surface area (Å²) in [6.45, 7) is 0. The van der Waals surface area contributed by atoms with Gasteiger partial charge in [0.25, 0.3) is 5.91 Å². The van der Waals surface area contributed by atoms with E-state index < -0.39 is 0 Å². The van der Waals surface area contributed by atoms with E-state index in [1.54, 1.807) is 12.1 Å². The third kappa shape index (κ3) is 2.84. The number of carbonyl (C=O) groups excluding carboxylic acids is 1. The summed E-state index contributed by atoms with van der Waals surface area (Å²) in [6.07, 6.45) is 0. The largest absolute Gasteiger partial charge is 0.281 e. The lowest BCUT2D eigenvalue weighted by molar-refractivity contribution is 0.101. The first-order valence-electron chi connectivity index (χ1n) is 5.12. The smallest absolute Gasteiger partial charge is 0.269 e. The Bertz CT molecular complexity index is 535. The maximum absolute atomic E-state index is 11.4. The van der Waals surface area contributed by atoms with Crippen molar-refractivity contribution in [2.45, 2.75) is 0 Å². The van der Waals surface area contributed by atoms with E-state index in [1.165, 1.54) is 0 Å². The normalized spacial score (nSPS) is 10.6. The second-order valence-electron chi connectivity index (χ2n) is 3.46. The lowest BCUT2D eigenvalue weighted by Crippen LogP contribution is -1.92. The Balaban J connectivity index is 2.28. The van der Waals surface area contributed by atoms with E-state index in [9.17, 15) is 4.79 Å². The maximum atomic E-state index is 11.4. The van der Waals surface area contributed by atoms with Gasteiger partial charge in [-0.15, -0.1) is 0 Å². The average Bonchev–Trinajstić information content (AvgIpc) is 2.40. The van der Waals surface area contributed by atoms with Crippen molar-refractivity contribution in [2.24, 2.45) is 10.2 Å². The molecule has 0 atom stereocenters. The molecule has 0 saturated heterocycles. The van der Waals surface area contributed by atoms with E-state index >= 15 is 0 Å². The molecule has 0 saturated carbocycles. The molecule has 0 aliphatic carbocycles. The van der Waals surface area contributed by atoms with Crippen molar-refractivity contribution < 1.29 is 4.79 Å². The van der Waals surface area contributed by atoms with Crippen molar-refractivity contribution in [3.63, 3.8) is 0 Å². The topological polar surface area (TPSA) is 55.4 Å². The summed E-state index contributed by atoms with van der Waals surface area (Å²) in [5, 5.41) is 0. The van der Waals surface area contributed by atoms with Crippen LogP contribution >= 0.6 is 8.52 Å². The minimum Gasteiger partial charge on any atom is -0.269 e. The molecule has 4 heteroatoms. The van der Waals surface area contributed by atoms with Gasteiger partial charge in [0.2, 0.25) is 0 Å². The van der Waals surface area contributed by atoms with E-state index in [2.05, 4.69) is 4.74 Å². The Hall–Kier alpha value is -1.83. The van der Waals surface area contributed by atoms with Gasteiger partial charge < -0.3 is 0 Å². The summed E-state index contributed by atoms with van der Waals surface area (Å²) < 4.78 is 3.61. The van der Waals surface area contributed by atoms with E-state index in [0.717, 1.165) is 11.1 Å². The number of carbonyl (C=O) groups is 1. The Labute approximate surface area is 101 Å². The number of amides is 1. The van der Waals surface area contributed by atoms with Crippen LogP contribution in [-0.2, 0) is 0 Å². The highest BCUT2D eigenvalue weighted by molar-refractivity contribution is 7.24. The summed E-state index contributed by atoms with van der Waals surface area (Å²) >= 11 is 0. The highest BCUT2D eigenvalue weighted by Gasteiger charge is 2.03. The summed E-state index contributed by atoms with van der Waals surface area (Å²) in [6, 6.07) is 17.3. The minimum atomic E-state index is -0.284. The fraction of sp³-hybridized carbons (Fsp3) is 0.